The van der Waals surface area contributed by atoms with Crippen molar-refractivity contribution in [3.63, 3.8) is 0 Å². The van der Waals surface area contributed by atoms with Crippen LogP contribution in [-0.4, -0.2) is 40.8 Å². The number of likely N-dealkylation sites (tertiary alicyclic amines) is 1. The minimum atomic E-state index is -0.295. The summed E-state index contributed by atoms with van der Waals surface area (Å²) >= 11 is 1.54. The Morgan fingerprint density at radius 2 is 1.82 bits per heavy atom. The SMILES string of the molecule is CC1Cc2ccccc2N1C(=O)c1csc(C2CCN(C(=O)Cc3ccc(F)cc3)CC2)n1. The van der Waals surface area contributed by atoms with Gasteiger partial charge in [0.15, 0.2) is 0 Å². The molecule has 1 fully saturated rings. The van der Waals surface area contributed by atoms with Crippen LogP contribution in [-0.2, 0) is 17.6 Å². The van der Waals surface area contributed by atoms with Crippen LogP contribution in [0.2, 0.25) is 0 Å². The lowest BCUT2D eigenvalue weighted by atomic mass is 9.97. The first-order valence-corrected chi connectivity index (χ1v) is 12.3. The first-order valence-electron chi connectivity index (χ1n) is 11.4. The molecule has 1 unspecified atom stereocenters. The van der Waals surface area contributed by atoms with E-state index in [4.69, 9.17) is 4.98 Å². The van der Waals surface area contributed by atoms with Crippen molar-refractivity contribution in [1.29, 1.82) is 0 Å². The fraction of sp³-hybridized carbons (Fsp3) is 0.346. The molecule has 33 heavy (non-hydrogen) atoms. The predicted octanol–water partition coefficient (Wildman–Crippen LogP) is 4.82. The molecule has 170 valence electrons. The molecule has 0 saturated carbocycles. The van der Waals surface area contributed by atoms with Gasteiger partial charge in [-0.2, -0.15) is 0 Å². The predicted molar refractivity (Wildman–Crippen MR) is 127 cm³/mol. The number of carbonyl (C=O) groups excluding carboxylic acids is 2. The molecule has 1 saturated heterocycles. The Hall–Kier alpha value is -3.06. The van der Waals surface area contributed by atoms with Crippen LogP contribution in [0.15, 0.2) is 53.9 Å². The van der Waals surface area contributed by atoms with Gasteiger partial charge in [0.1, 0.15) is 11.5 Å². The Labute approximate surface area is 196 Å². The van der Waals surface area contributed by atoms with Crippen molar-refractivity contribution in [2.24, 2.45) is 0 Å². The highest BCUT2D eigenvalue weighted by Gasteiger charge is 2.33. The zero-order valence-corrected chi connectivity index (χ0v) is 19.4. The molecule has 2 aliphatic heterocycles. The second kappa shape index (κ2) is 9.06. The summed E-state index contributed by atoms with van der Waals surface area (Å²) in [6.07, 6.45) is 2.82. The molecule has 2 amide bonds. The van der Waals surface area contributed by atoms with E-state index in [1.54, 1.807) is 23.5 Å². The molecular formula is C26H26FN3O2S. The smallest absolute Gasteiger partial charge is 0.278 e. The third-order valence-corrected chi connectivity index (χ3v) is 7.64. The minimum Gasteiger partial charge on any atom is -0.342 e. The number of hydrogen-bond donors (Lipinski definition) is 0. The molecule has 0 aliphatic carbocycles. The van der Waals surface area contributed by atoms with Gasteiger partial charge in [0.25, 0.3) is 5.91 Å². The summed E-state index contributed by atoms with van der Waals surface area (Å²) in [5, 5.41) is 2.85. The van der Waals surface area contributed by atoms with Crippen molar-refractivity contribution < 1.29 is 14.0 Å². The third kappa shape index (κ3) is 4.42. The van der Waals surface area contributed by atoms with E-state index in [0.29, 0.717) is 18.8 Å². The molecule has 2 aliphatic rings. The summed E-state index contributed by atoms with van der Waals surface area (Å²) in [6, 6.07) is 14.3. The van der Waals surface area contributed by atoms with Crippen molar-refractivity contribution in [2.75, 3.05) is 18.0 Å². The molecule has 2 aromatic carbocycles. The number of halogens is 1. The van der Waals surface area contributed by atoms with Crippen LogP contribution in [0.4, 0.5) is 10.1 Å². The number of para-hydroxylation sites is 1. The van der Waals surface area contributed by atoms with Crippen molar-refractivity contribution in [3.05, 3.63) is 81.6 Å². The molecule has 5 nitrogen and oxygen atoms in total. The number of piperidine rings is 1. The molecule has 5 rings (SSSR count). The lowest BCUT2D eigenvalue weighted by molar-refractivity contribution is -0.131. The van der Waals surface area contributed by atoms with Gasteiger partial charge in [0.05, 0.1) is 11.4 Å². The number of hydrogen-bond acceptors (Lipinski definition) is 4. The van der Waals surface area contributed by atoms with Gasteiger partial charge in [0.2, 0.25) is 5.91 Å². The van der Waals surface area contributed by atoms with Gasteiger partial charge in [-0.3, -0.25) is 9.59 Å². The first-order chi connectivity index (χ1) is 16.0. The number of aromatic nitrogens is 1. The summed E-state index contributed by atoms with van der Waals surface area (Å²) in [5.74, 6) is -0.00923. The molecule has 0 radical (unpaired) electrons. The summed E-state index contributed by atoms with van der Waals surface area (Å²) in [4.78, 5) is 34.3. The molecular weight excluding hydrogens is 437 g/mol. The lowest BCUT2D eigenvalue weighted by Gasteiger charge is -2.31. The number of benzene rings is 2. The van der Waals surface area contributed by atoms with Gasteiger partial charge in [-0.15, -0.1) is 11.3 Å². The highest BCUT2D eigenvalue weighted by Crippen LogP contribution is 2.35. The number of fused-ring (bicyclic) bond motifs is 1. The summed E-state index contributed by atoms with van der Waals surface area (Å²) in [7, 11) is 0. The molecule has 0 spiro atoms. The number of nitrogens with zero attached hydrogens (tertiary/aromatic N) is 3. The van der Waals surface area contributed by atoms with Crippen molar-refractivity contribution in [2.45, 2.75) is 44.6 Å². The van der Waals surface area contributed by atoms with Crippen LogP contribution >= 0.6 is 11.3 Å². The summed E-state index contributed by atoms with van der Waals surface area (Å²) in [5.41, 5.74) is 3.52. The molecule has 1 aromatic heterocycles. The van der Waals surface area contributed by atoms with Crippen LogP contribution in [0, 0.1) is 5.82 Å². The maximum atomic E-state index is 13.2. The van der Waals surface area contributed by atoms with Crippen LogP contribution in [0.3, 0.4) is 0 Å². The van der Waals surface area contributed by atoms with Crippen molar-refractivity contribution >= 4 is 28.8 Å². The quantitative estimate of drug-likeness (QED) is 0.557. The second-order valence-electron chi connectivity index (χ2n) is 8.89. The molecule has 3 heterocycles. The van der Waals surface area contributed by atoms with Gasteiger partial charge in [-0.05, 0) is 55.5 Å². The zero-order valence-electron chi connectivity index (χ0n) is 18.5. The van der Waals surface area contributed by atoms with E-state index in [1.165, 1.54) is 17.7 Å². The van der Waals surface area contributed by atoms with E-state index in [0.717, 1.165) is 35.5 Å². The monoisotopic (exact) mass is 463 g/mol. The van der Waals surface area contributed by atoms with E-state index in [-0.39, 0.29) is 36.0 Å². The highest BCUT2D eigenvalue weighted by atomic mass is 32.1. The molecule has 0 N–H and O–H groups in total. The van der Waals surface area contributed by atoms with Crippen LogP contribution in [0.1, 0.15) is 52.3 Å². The second-order valence-corrected chi connectivity index (χ2v) is 9.78. The van der Waals surface area contributed by atoms with Crippen LogP contribution in [0.5, 0.6) is 0 Å². The normalized spacial score (nSPS) is 18.4. The largest absolute Gasteiger partial charge is 0.342 e. The Balaban J connectivity index is 1.20. The lowest BCUT2D eigenvalue weighted by Crippen LogP contribution is -2.38. The summed E-state index contributed by atoms with van der Waals surface area (Å²) in [6.45, 7) is 3.41. The topological polar surface area (TPSA) is 53.5 Å². The molecule has 3 aromatic rings. The van der Waals surface area contributed by atoms with E-state index < -0.39 is 0 Å². The average Bonchev–Trinajstić information content (AvgIpc) is 3.44. The zero-order chi connectivity index (χ0) is 22.9. The standard InChI is InChI=1S/C26H26FN3O2S/c1-17-14-20-4-2-3-5-23(20)30(17)26(32)22-16-33-25(28-22)19-10-12-29(13-11-19)24(31)15-18-6-8-21(27)9-7-18/h2-9,16-17,19H,10-15H2,1H3. The van der Waals surface area contributed by atoms with E-state index in [9.17, 15) is 14.0 Å². The maximum absolute atomic E-state index is 13.2. The van der Waals surface area contributed by atoms with Crippen molar-refractivity contribution in [3.8, 4) is 0 Å². The number of amides is 2. The van der Waals surface area contributed by atoms with Gasteiger partial charge < -0.3 is 9.80 Å². The van der Waals surface area contributed by atoms with E-state index in [2.05, 4.69) is 13.0 Å². The number of carbonyl (C=O) groups is 2. The Morgan fingerprint density at radius 3 is 2.58 bits per heavy atom. The van der Waals surface area contributed by atoms with Gasteiger partial charge in [-0.25, -0.2) is 9.37 Å². The number of rotatable bonds is 4. The van der Waals surface area contributed by atoms with Gasteiger partial charge in [-0.1, -0.05) is 30.3 Å². The number of thiazole rings is 1. The van der Waals surface area contributed by atoms with Gasteiger partial charge in [0, 0.05) is 36.1 Å². The van der Waals surface area contributed by atoms with Crippen LogP contribution in [0.25, 0.3) is 0 Å². The minimum absolute atomic E-state index is 0.0399. The Morgan fingerprint density at radius 1 is 1.09 bits per heavy atom. The third-order valence-electron chi connectivity index (χ3n) is 6.63. The maximum Gasteiger partial charge on any atom is 0.278 e. The average molecular weight is 464 g/mol. The fourth-order valence-corrected chi connectivity index (χ4v) is 5.80. The van der Waals surface area contributed by atoms with E-state index >= 15 is 0 Å². The molecule has 1 atom stereocenters. The Bertz CT molecular complexity index is 1170. The van der Waals surface area contributed by atoms with E-state index in [1.807, 2.05) is 33.4 Å². The Kier molecular flexibility index (Phi) is 5.98. The first kappa shape index (κ1) is 21.8. The summed E-state index contributed by atoms with van der Waals surface area (Å²) < 4.78 is 13.1. The molecule has 0 bridgehead atoms. The molecule has 7 heteroatoms. The number of anilines is 1. The highest BCUT2D eigenvalue weighted by molar-refractivity contribution is 7.10. The fourth-order valence-electron chi connectivity index (χ4n) is 4.84. The van der Waals surface area contributed by atoms with Crippen LogP contribution < -0.4 is 4.90 Å². The van der Waals surface area contributed by atoms with Crippen molar-refractivity contribution in [1.82, 2.24) is 9.88 Å². The van der Waals surface area contributed by atoms with Gasteiger partial charge >= 0.3 is 0 Å².